The first kappa shape index (κ1) is 15.9. The van der Waals surface area contributed by atoms with Crippen molar-refractivity contribution in [2.24, 2.45) is 0 Å². The molecule has 0 aliphatic carbocycles. The van der Waals surface area contributed by atoms with E-state index in [0.29, 0.717) is 11.8 Å². The standard InChI is InChI=1S/C16H26N2O3/c1-17-10-13-6-5-7-18(13)11-12-8-14(19-2)16(21-4)15(9-12)20-3/h8-9,13,17H,5-7,10-11H2,1-4H3. The van der Waals surface area contributed by atoms with Crippen molar-refractivity contribution in [2.75, 3.05) is 41.5 Å². The van der Waals surface area contributed by atoms with Crippen LogP contribution >= 0.6 is 0 Å². The summed E-state index contributed by atoms with van der Waals surface area (Å²) in [5.41, 5.74) is 1.19. The smallest absolute Gasteiger partial charge is 0.203 e. The van der Waals surface area contributed by atoms with Gasteiger partial charge in [0, 0.05) is 19.1 Å². The molecule has 0 saturated carbocycles. The number of nitrogens with one attached hydrogen (secondary N) is 1. The third-order valence-electron chi connectivity index (χ3n) is 4.05. The summed E-state index contributed by atoms with van der Waals surface area (Å²) in [4.78, 5) is 2.51. The number of methoxy groups -OCH3 is 3. The van der Waals surface area contributed by atoms with Gasteiger partial charge in [0.2, 0.25) is 5.75 Å². The topological polar surface area (TPSA) is 43.0 Å². The third kappa shape index (κ3) is 3.60. The largest absolute Gasteiger partial charge is 0.493 e. The fourth-order valence-corrected chi connectivity index (χ4v) is 3.03. The van der Waals surface area contributed by atoms with Crippen LogP contribution in [0.4, 0.5) is 0 Å². The van der Waals surface area contributed by atoms with E-state index in [0.717, 1.165) is 31.1 Å². The molecule has 1 fully saturated rings. The van der Waals surface area contributed by atoms with Crippen LogP contribution in [0, 0.1) is 0 Å². The summed E-state index contributed by atoms with van der Waals surface area (Å²) in [5.74, 6) is 2.09. The van der Waals surface area contributed by atoms with Crippen molar-refractivity contribution in [3.63, 3.8) is 0 Å². The summed E-state index contributed by atoms with van der Waals surface area (Å²) >= 11 is 0. The number of hydrogen-bond acceptors (Lipinski definition) is 5. The van der Waals surface area contributed by atoms with Crippen molar-refractivity contribution in [2.45, 2.75) is 25.4 Å². The summed E-state index contributed by atoms with van der Waals surface area (Å²) in [6, 6.07) is 4.68. The molecule has 0 aromatic heterocycles. The Labute approximate surface area is 127 Å². The number of likely N-dealkylation sites (tertiary alicyclic amines) is 1. The van der Waals surface area contributed by atoms with Gasteiger partial charge >= 0.3 is 0 Å². The van der Waals surface area contributed by atoms with Gasteiger partial charge in [-0.3, -0.25) is 4.90 Å². The van der Waals surface area contributed by atoms with Crippen LogP contribution < -0.4 is 19.5 Å². The van der Waals surface area contributed by atoms with Gasteiger partial charge in [-0.05, 0) is 44.1 Å². The maximum absolute atomic E-state index is 5.42. The van der Waals surface area contributed by atoms with Crippen molar-refractivity contribution in [3.8, 4) is 17.2 Å². The van der Waals surface area contributed by atoms with E-state index in [4.69, 9.17) is 14.2 Å². The van der Waals surface area contributed by atoms with Crippen molar-refractivity contribution in [1.82, 2.24) is 10.2 Å². The predicted molar refractivity (Wildman–Crippen MR) is 83.5 cm³/mol. The second kappa shape index (κ2) is 7.52. The van der Waals surface area contributed by atoms with E-state index in [1.807, 2.05) is 19.2 Å². The minimum absolute atomic E-state index is 0.606. The van der Waals surface area contributed by atoms with Gasteiger partial charge in [-0.1, -0.05) is 0 Å². The Morgan fingerprint density at radius 1 is 1.14 bits per heavy atom. The molecule has 118 valence electrons. The predicted octanol–water partition coefficient (Wildman–Crippen LogP) is 1.90. The Bertz CT molecular complexity index is 440. The Hall–Kier alpha value is -1.46. The van der Waals surface area contributed by atoms with Crippen LogP contribution in [0.3, 0.4) is 0 Å². The zero-order valence-corrected chi connectivity index (χ0v) is 13.4. The molecule has 0 spiro atoms. The molecule has 0 radical (unpaired) electrons. The Kier molecular flexibility index (Phi) is 5.70. The quantitative estimate of drug-likeness (QED) is 0.832. The molecule has 1 atom stereocenters. The summed E-state index contributed by atoms with van der Waals surface area (Å²) in [6.07, 6.45) is 2.52. The first-order valence-electron chi connectivity index (χ1n) is 7.41. The first-order valence-corrected chi connectivity index (χ1v) is 7.41. The van der Waals surface area contributed by atoms with Gasteiger partial charge in [0.1, 0.15) is 0 Å². The Morgan fingerprint density at radius 3 is 2.33 bits per heavy atom. The lowest BCUT2D eigenvalue weighted by Gasteiger charge is -2.25. The van der Waals surface area contributed by atoms with E-state index >= 15 is 0 Å². The molecule has 2 rings (SSSR count). The molecule has 1 saturated heterocycles. The van der Waals surface area contributed by atoms with Crippen molar-refractivity contribution >= 4 is 0 Å². The van der Waals surface area contributed by atoms with E-state index in [2.05, 4.69) is 10.2 Å². The van der Waals surface area contributed by atoms with Crippen LogP contribution in [0.2, 0.25) is 0 Å². The maximum atomic E-state index is 5.42. The van der Waals surface area contributed by atoms with Gasteiger partial charge in [0.15, 0.2) is 11.5 Å². The molecule has 1 heterocycles. The maximum Gasteiger partial charge on any atom is 0.203 e. The van der Waals surface area contributed by atoms with E-state index in [1.54, 1.807) is 21.3 Å². The second-order valence-corrected chi connectivity index (χ2v) is 5.36. The highest BCUT2D eigenvalue weighted by atomic mass is 16.5. The lowest BCUT2D eigenvalue weighted by atomic mass is 10.1. The SMILES string of the molecule is CNCC1CCCN1Cc1cc(OC)c(OC)c(OC)c1. The fraction of sp³-hybridized carbons (Fsp3) is 0.625. The molecule has 0 bridgehead atoms. The fourth-order valence-electron chi connectivity index (χ4n) is 3.03. The van der Waals surface area contributed by atoms with Crippen LogP contribution in [0.25, 0.3) is 0 Å². The molecule has 1 aromatic rings. The monoisotopic (exact) mass is 294 g/mol. The van der Waals surface area contributed by atoms with Gasteiger partial charge in [0.05, 0.1) is 21.3 Å². The summed E-state index contributed by atoms with van der Waals surface area (Å²) in [7, 11) is 6.95. The molecule has 1 aliphatic heterocycles. The molecule has 5 nitrogen and oxygen atoms in total. The van der Waals surface area contributed by atoms with Crippen LogP contribution in [0.1, 0.15) is 18.4 Å². The normalized spacial score (nSPS) is 18.8. The minimum atomic E-state index is 0.606. The third-order valence-corrected chi connectivity index (χ3v) is 4.05. The van der Waals surface area contributed by atoms with Crippen molar-refractivity contribution in [1.29, 1.82) is 0 Å². The van der Waals surface area contributed by atoms with Crippen LogP contribution in [0.15, 0.2) is 12.1 Å². The van der Waals surface area contributed by atoms with E-state index < -0.39 is 0 Å². The van der Waals surface area contributed by atoms with Crippen LogP contribution in [-0.4, -0.2) is 52.4 Å². The molecule has 1 unspecified atom stereocenters. The molecule has 21 heavy (non-hydrogen) atoms. The average Bonchev–Trinajstić information content (AvgIpc) is 2.93. The van der Waals surface area contributed by atoms with E-state index in [9.17, 15) is 0 Å². The lowest BCUT2D eigenvalue weighted by Crippen LogP contribution is -2.36. The molecular formula is C16H26N2O3. The molecule has 1 aliphatic rings. The Balaban J connectivity index is 2.19. The summed E-state index contributed by atoms with van der Waals surface area (Å²) in [6.45, 7) is 3.08. The average molecular weight is 294 g/mol. The van der Waals surface area contributed by atoms with E-state index in [-0.39, 0.29) is 0 Å². The zero-order valence-electron chi connectivity index (χ0n) is 13.4. The summed E-state index contributed by atoms with van der Waals surface area (Å²) < 4.78 is 16.2. The van der Waals surface area contributed by atoms with Crippen LogP contribution in [0.5, 0.6) is 17.2 Å². The number of ether oxygens (including phenoxy) is 3. The minimum Gasteiger partial charge on any atom is -0.493 e. The number of nitrogens with zero attached hydrogens (tertiary/aromatic N) is 1. The summed E-state index contributed by atoms with van der Waals surface area (Å²) in [5, 5.41) is 3.28. The molecule has 5 heteroatoms. The second-order valence-electron chi connectivity index (χ2n) is 5.36. The highest BCUT2D eigenvalue weighted by molar-refractivity contribution is 5.53. The van der Waals surface area contributed by atoms with Gasteiger partial charge in [-0.25, -0.2) is 0 Å². The lowest BCUT2D eigenvalue weighted by molar-refractivity contribution is 0.241. The van der Waals surface area contributed by atoms with Gasteiger partial charge in [-0.15, -0.1) is 0 Å². The molecule has 0 amide bonds. The highest BCUT2D eigenvalue weighted by Crippen LogP contribution is 2.38. The van der Waals surface area contributed by atoms with Crippen LogP contribution in [-0.2, 0) is 6.54 Å². The van der Waals surface area contributed by atoms with Gasteiger partial charge in [0.25, 0.3) is 0 Å². The van der Waals surface area contributed by atoms with Crippen molar-refractivity contribution in [3.05, 3.63) is 17.7 Å². The molecule has 1 N–H and O–H groups in total. The molecule has 1 aromatic carbocycles. The number of likely N-dealkylation sites (N-methyl/N-ethyl adjacent to an activating group) is 1. The number of benzene rings is 1. The first-order chi connectivity index (χ1) is 10.2. The van der Waals surface area contributed by atoms with Gasteiger partial charge in [-0.2, -0.15) is 0 Å². The van der Waals surface area contributed by atoms with Crippen molar-refractivity contribution < 1.29 is 14.2 Å². The molecular weight excluding hydrogens is 268 g/mol. The Morgan fingerprint density at radius 2 is 1.81 bits per heavy atom. The number of rotatable bonds is 7. The van der Waals surface area contributed by atoms with E-state index in [1.165, 1.54) is 18.4 Å². The highest BCUT2D eigenvalue weighted by Gasteiger charge is 2.24. The zero-order chi connectivity index (χ0) is 15.2. The number of hydrogen-bond donors (Lipinski definition) is 1. The van der Waals surface area contributed by atoms with Gasteiger partial charge < -0.3 is 19.5 Å².